The predicted octanol–water partition coefficient (Wildman–Crippen LogP) is 1.72. The zero-order chi connectivity index (χ0) is 12.4. The monoisotopic (exact) mass is 306 g/mol. The van der Waals surface area contributed by atoms with Crippen LogP contribution in [0.3, 0.4) is 0 Å². The minimum absolute atomic E-state index is 0.193. The van der Waals surface area contributed by atoms with Gasteiger partial charge >= 0.3 is 107 Å². The van der Waals surface area contributed by atoms with Gasteiger partial charge in [0.1, 0.15) is 0 Å². The maximum atomic E-state index is 11.1. The zero-order valence-corrected chi connectivity index (χ0v) is 11.9. The van der Waals surface area contributed by atoms with Crippen molar-refractivity contribution in [3.05, 3.63) is 0 Å². The fourth-order valence-corrected chi connectivity index (χ4v) is 6.37. The molecule has 0 N–H and O–H groups in total. The van der Waals surface area contributed by atoms with Crippen LogP contribution in [0.15, 0.2) is 0 Å². The molecule has 0 aromatic heterocycles. The van der Waals surface area contributed by atoms with E-state index in [9.17, 15) is 9.59 Å². The van der Waals surface area contributed by atoms with E-state index in [4.69, 9.17) is 9.47 Å². The van der Waals surface area contributed by atoms with Crippen molar-refractivity contribution in [2.75, 3.05) is 0 Å². The van der Waals surface area contributed by atoms with Crippen LogP contribution in [0.2, 0.25) is 9.63 Å². The summed E-state index contributed by atoms with van der Waals surface area (Å²) in [5, 5.41) is 0. The molecule has 2 rings (SSSR count). The molecule has 4 atom stereocenters. The van der Waals surface area contributed by atoms with E-state index in [0.717, 1.165) is 12.8 Å². The Kier molecular flexibility index (Phi) is 4.10. The second kappa shape index (κ2) is 5.40. The molecule has 0 aromatic carbocycles. The van der Waals surface area contributed by atoms with E-state index >= 15 is 0 Å². The SMILES string of the molecule is CC(=O)OC1C2CCCCC([Se]2)C1OC(C)=O. The van der Waals surface area contributed by atoms with Gasteiger partial charge in [0.05, 0.1) is 0 Å². The standard InChI is InChI=1S/C12H18O4Se/c1-7(13)15-11-9-5-3-4-6-10(17-9)12(11)16-8(2)14/h9-12H,3-6H2,1-2H3. The second-order valence-corrected chi connectivity index (χ2v) is 7.76. The number of carbonyl (C=O) groups is 2. The van der Waals surface area contributed by atoms with Gasteiger partial charge in [0.2, 0.25) is 0 Å². The first-order valence-electron chi connectivity index (χ1n) is 6.08. The van der Waals surface area contributed by atoms with Gasteiger partial charge in [0.15, 0.2) is 0 Å². The molecule has 0 aliphatic carbocycles. The molecule has 4 unspecified atom stereocenters. The van der Waals surface area contributed by atoms with E-state index in [1.807, 2.05) is 0 Å². The summed E-state index contributed by atoms with van der Waals surface area (Å²) in [5.41, 5.74) is 0. The Morgan fingerprint density at radius 3 is 1.71 bits per heavy atom. The average Bonchev–Trinajstić information content (AvgIpc) is 2.45. The molecule has 0 radical (unpaired) electrons. The van der Waals surface area contributed by atoms with Crippen molar-refractivity contribution in [3.8, 4) is 0 Å². The van der Waals surface area contributed by atoms with E-state index < -0.39 is 0 Å². The number of hydrogen-bond donors (Lipinski definition) is 0. The third-order valence-corrected chi connectivity index (χ3v) is 6.82. The molecule has 0 spiro atoms. The molecule has 2 aliphatic heterocycles. The molecule has 2 bridgehead atoms. The Balaban J connectivity index is 2.12. The number of carbonyl (C=O) groups excluding carboxylic acids is 2. The van der Waals surface area contributed by atoms with Crippen LogP contribution in [0.1, 0.15) is 39.5 Å². The van der Waals surface area contributed by atoms with Gasteiger partial charge in [-0.1, -0.05) is 0 Å². The molecule has 5 heteroatoms. The van der Waals surface area contributed by atoms with Crippen molar-refractivity contribution in [2.24, 2.45) is 0 Å². The maximum absolute atomic E-state index is 11.1. The Hall–Kier alpha value is -0.541. The van der Waals surface area contributed by atoms with Gasteiger partial charge in [0, 0.05) is 0 Å². The molecule has 4 nitrogen and oxygen atoms in total. The van der Waals surface area contributed by atoms with E-state index in [-0.39, 0.29) is 24.1 Å². The summed E-state index contributed by atoms with van der Waals surface area (Å²) in [6.07, 6.45) is 4.22. The molecular formula is C12H18O4Se. The summed E-state index contributed by atoms with van der Waals surface area (Å²) in [7, 11) is 0. The first-order chi connectivity index (χ1) is 8.08. The molecule has 96 valence electrons. The van der Waals surface area contributed by atoms with E-state index in [1.165, 1.54) is 26.7 Å². The van der Waals surface area contributed by atoms with Crippen molar-refractivity contribution in [1.29, 1.82) is 0 Å². The average molecular weight is 305 g/mol. The van der Waals surface area contributed by atoms with E-state index in [0.29, 0.717) is 24.6 Å². The summed E-state index contributed by atoms with van der Waals surface area (Å²) < 4.78 is 10.8. The Bertz CT molecular complexity index is 288. The van der Waals surface area contributed by atoms with Crippen LogP contribution in [0.5, 0.6) is 0 Å². The Morgan fingerprint density at radius 1 is 0.941 bits per heavy atom. The Morgan fingerprint density at radius 2 is 1.35 bits per heavy atom. The van der Waals surface area contributed by atoms with Crippen LogP contribution >= 0.6 is 0 Å². The number of esters is 2. The van der Waals surface area contributed by atoms with Crippen LogP contribution in [-0.2, 0) is 19.1 Å². The molecule has 0 aromatic rings. The van der Waals surface area contributed by atoms with Crippen molar-refractivity contribution >= 4 is 26.9 Å². The van der Waals surface area contributed by atoms with Crippen LogP contribution < -0.4 is 0 Å². The number of hydrogen-bond acceptors (Lipinski definition) is 4. The van der Waals surface area contributed by atoms with Gasteiger partial charge in [-0.25, -0.2) is 0 Å². The molecule has 2 aliphatic rings. The van der Waals surface area contributed by atoms with Gasteiger partial charge in [-0.2, -0.15) is 0 Å². The topological polar surface area (TPSA) is 52.6 Å². The van der Waals surface area contributed by atoms with Gasteiger partial charge in [0.25, 0.3) is 0 Å². The molecule has 2 fully saturated rings. The Labute approximate surface area is 108 Å². The zero-order valence-electron chi connectivity index (χ0n) is 10.2. The molecular weight excluding hydrogens is 287 g/mol. The summed E-state index contributed by atoms with van der Waals surface area (Å²) in [6, 6.07) is 0. The first-order valence-corrected chi connectivity index (χ1v) is 8.05. The van der Waals surface area contributed by atoms with Crippen molar-refractivity contribution in [1.82, 2.24) is 0 Å². The fourth-order valence-electron chi connectivity index (χ4n) is 2.63. The predicted molar refractivity (Wildman–Crippen MR) is 62.8 cm³/mol. The minimum atomic E-state index is -0.269. The third-order valence-electron chi connectivity index (χ3n) is 3.24. The van der Waals surface area contributed by atoms with Crippen LogP contribution in [-0.4, -0.2) is 39.1 Å². The van der Waals surface area contributed by atoms with Gasteiger partial charge in [-0.05, 0) is 0 Å². The van der Waals surface area contributed by atoms with Crippen molar-refractivity contribution in [2.45, 2.75) is 61.4 Å². The summed E-state index contributed by atoms with van der Waals surface area (Å²) >= 11 is 0.427. The van der Waals surface area contributed by atoms with Gasteiger partial charge in [-0.15, -0.1) is 0 Å². The fraction of sp³-hybridized carbons (Fsp3) is 0.833. The van der Waals surface area contributed by atoms with Crippen molar-refractivity contribution in [3.63, 3.8) is 0 Å². The molecule has 0 amide bonds. The van der Waals surface area contributed by atoms with Gasteiger partial charge in [-0.3, -0.25) is 0 Å². The molecule has 17 heavy (non-hydrogen) atoms. The summed E-state index contributed by atoms with van der Waals surface area (Å²) in [6.45, 7) is 2.85. The first kappa shape index (κ1) is 12.9. The molecule has 2 saturated heterocycles. The van der Waals surface area contributed by atoms with Crippen LogP contribution in [0.25, 0.3) is 0 Å². The quantitative estimate of drug-likeness (QED) is 0.576. The van der Waals surface area contributed by atoms with Crippen LogP contribution in [0, 0.1) is 0 Å². The summed E-state index contributed by atoms with van der Waals surface area (Å²) in [5.74, 6) is -0.539. The van der Waals surface area contributed by atoms with Crippen molar-refractivity contribution < 1.29 is 19.1 Å². The normalized spacial score (nSPS) is 36.1. The number of fused-ring (bicyclic) bond motifs is 2. The third kappa shape index (κ3) is 3.02. The molecule has 0 saturated carbocycles. The summed E-state index contributed by atoms with van der Waals surface area (Å²) in [4.78, 5) is 23.2. The number of ether oxygens (including phenoxy) is 2. The van der Waals surface area contributed by atoms with E-state index in [1.54, 1.807) is 0 Å². The van der Waals surface area contributed by atoms with E-state index in [2.05, 4.69) is 0 Å². The van der Waals surface area contributed by atoms with Crippen LogP contribution in [0.4, 0.5) is 0 Å². The second-order valence-electron chi connectivity index (χ2n) is 4.65. The molecule has 2 heterocycles. The number of rotatable bonds is 2. The van der Waals surface area contributed by atoms with Gasteiger partial charge < -0.3 is 0 Å².